The van der Waals surface area contributed by atoms with Crippen LogP contribution in [0, 0.1) is 6.92 Å². The minimum Gasteiger partial charge on any atom is -0.405 e. The van der Waals surface area contributed by atoms with Crippen LogP contribution >= 0.6 is 0 Å². The summed E-state index contributed by atoms with van der Waals surface area (Å²) in [6.07, 6.45) is -0.587. The van der Waals surface area contributed by atoms with Gasteiger partial charge in [-0.3, -0.25) is 4.79 Å². The minimum atomic E-state index is -4.84. The molecule has 1 aliphatic heterocycles. The number of aliphatic hydroxyl groups is 1. The number of nitrogens with zero attached hydrogens (tertiary/aromatic N) is 1. The first-order valence-electron chi connectivity index (χ1n) is 11.4. The predicted molar refractivity (Wildman–Crippen MR) is 116 cm³/mol. The average Bonchev–Trinajstić information content (AvgIpc) is 3.38. The molecule has 9 heteroatoms. The third-order valence-electron chi connectivity index (χ3n) is 6.46. The fourth-order valence-electron chi connectivity index (χ4n) is 4.74. The van der Waals surface area contributed by atoms with Crippen molar-refractivity contribution in [3.63, 3.8) is 0 Å². The van der Waals surface area contributed by atoms with Crippen LogP contribution in [0.25, 0.3) is 11.3 Å². The Morgan fingerprint density at radius 2 is 1.97 bits per heavy atom. The second-order valence-corrected chi connectivity index (χ2v) is 8.75. The standard InChI is InChI=1S/C24H29F3N2O4/c1-15-18(23(31)28-19-9-3-4-10-21(19)30)13-20(29(15)14-16-7-6-12-32-16)17-8-2-5-11-22(17)33-24(25,26)27/h2,5,8,11,13,16,19,21,30H,3-4,6-7,9-10,12,14H2,1H3,(H,28,31)/t16-,19?,21?/m1/s1. The molecule has 3 atom stereocenters. The van der Waals surface area contributed by atoms with Gasteiger partial charge in [0, 0.05) is 24.4 Å². The number of ether oxygens (including phenoxy) is 2. The van der Waals surface area contributed by atoms with Crippen LogP contribution in [-0.4, -0.2) is 46.8 Å². The Hall–Kier alpha value is -2.52. The predicted octanol–water partition coefficient (Wildman–Crippen LogP) is 4.57. The van der Waals surface area contributed by atoms with Gasteiger partial charge >= 0.3 is 6.36 Å². The lowest BCUT2D eigenvalue weighted by molar-refractivity contribution is -0.274. The number of para-hydroxylation sites is 1. The molecular formula is C24H29F3N2O4. The molecule has 33 heavy (non-hydrogen) atoms. The van der Waals surface area contributed by atoms with Crippen molar-refractivity contribution < 1.29 is 32.5 Å². The summed E-state index contributed by atoms with van der Waals surface area (Å²) in [5.41, 5.74) is 1.69. The maximum Gasteiger partial charge on any atom is 0.573 e. The summed E-state index contributed by atoms with van der Waals surface area (Å²) < 4.78 is 51.0. The van der Waals surface area contributed by atoms with Gasteiger partial charge in [0.15, 0.2) is 0 Å². The van der Waals surface area contributed by atoms with E-state index in [1.54, 1.807) is 25.1 Å². The van der Waals surface area contributed by atoms with E-state index in [-0.39, 0.29) is 29.4 Å². The van der Waals surface area contributed by atoms with Crippen molar-refractivity contribution in [2.75, 3.05) is 6.61 Å². The molecule has 1 aromatic carbocycles. The Balaban J connectivity index is 1.71. The molecule has 2 N–H and O–H groups in total. The number of carbonyl (C=O) groups excluding carboxylic acids is 1. The average molecular weight is 467 g/mol. The number of aromatic nitrogens is 1. The second kappa shape index (κ2) is 9.77. The Morgan fingerprint density at radius 1 is 1.21 bits per heavy atom. The number of rotatable bonds is 6. The van der Waals surface area contributed by atoms with Gasteiger partial charge in [-0.05, 0) is 50.8 Å². The smallest absolute Gasteiger partial charge is 0.405 e. The molecule has 180 valence electrons. The number of alkyl halides is 3. The number of hydrogen-bond acceptors (Lipinski definition) is 4. The highest BCUT2D eigenvalue weighted by Crippen LogP contribution is 2.36. The third kappa shape index (κ3) is 5.52. The first-order valence-corrected chi connectivity index (χ1v) is 11.4. The number of benzene rings is 1. The lowest BCUT2D eigenvalue weighted by atomic mass is 9.92. The largest absolute Gasteiger partial charge is 0.573 e. The van der Waals surface area contributed by atoms with Crippen LogP contribution in [0.1, 0.15) is 54.6 Å². The molecule has 2 aromatic rings. The van der Waals surface area contributed by atoms with Crippen LogP contribution in [-0.2, 0) is 11.3 Å². The zero-order valence-corrected chi connectivity index (χ0v) is 18.5. The number of carbonyl (C=O) groups is 1. The van der Waals surface area contributed by atoms with E-state index in [1.165, 1.54) is 12.1 Å². The lowest BCUT2D eigenvalue weighted by Crippen LogP contribution is -2.45. The molecule has 2 unspecified atom stereocenters. The summed E-state index contributed by atoms with van der Waals surface area (Å²) in [7, 11) is 0. The van der Waals surface area contributed by atoms with E-state index < -0.39 is 12.5 Å². The van der Waals surface area contributed by atoms with Crippen LogP contribution in [0.3, 0.4) is 0 Å². The fourth-order valence-corrected chi connectivity index (χ4v) is 4.74. The van der Waals surface area contributed by atoms with Crippen molar-refractivity contribution >= 4 is 5.91 Å². The van der Waals surface area contributed by atoms with E-state index in [0.717, 1.165) is 25.7 Å². The highest BCUT2D eigenvalue weighted by atomic mass is 19.4. The topological polar surface area (TPSA) is 72.7 Å². The quantitative estimate of drug-likeness (QED) is 0.654. The number of halogens is 3. The van der Waals surface area contributed by atoms with Crippen LogP contribution in [0.15, 0.2) is 30.3 Å². The molecule has 0 bridgehead atoms. The van der Waals surface area contributed by atoms with Gasteiger partial charge < -0.3 is 24.5 Å². The summed E-state index contributed by atoms with van der Waals surface area (Å²) in [5, 5.41) is 13.2. The molecular weight excluding hydrogens is 437 g/mol. The summed E-state index contributed by atoms with van der Waals surface area (Å²) in [4.78, 5) is 13.1. The van der Waals surface area contributed by atoms with E-state index in [0.29, 0.717) is 42.9 Å². The van der Waals surface area contributed by atoms with Crippen molar-refractivity contribution in [1.29, 1.82) is 0 Å². The van der Waals surface area contributed by atoms with Gasteiger partial charge in [-0.25, -0.2) is 0 Å². The highest BCUT2D eigenvalue weighted by molar-refractivity contribution is 5.97. The SMILES string of the molecule is Cc1c(C(=O)NC2CCCCC2O)cc(-c2ccccc2OC(F)(F)F)n1C[C@H]1CCCO1. The van der Waals surface area contributed by atoms with E-state index >= 15 is 0 Å². The Bertz CT molecular complexity index is 983. The first kappa shape index (κ1) is 23.6. The van der Waals surface area contributed by atoms with Crippen LogP contribution in [0.5, 0.6) is 5.75 Å². The fraction of sp³-hybridized carbons (Fsp3) is 0.542. The molecule has 1 saturated carbocycles. The van der Waals surface area contributed by atoms with Crippen molar-refractivity contribution in [3.8, 4) is 17.0 Å². The van der Waals surface area contributed by atoms with Crippen molar-refractivity contribution in [1.82, 2.24) is 9.88 Å². The molecule has 6 nitrogen and oxygen atoms in total. The maximum absolute atomic E-state index is 13.1. The molecule has 1 aliphatic carbocycles. The first-order chi connectivity index (χ1) is 15.7. The minimum absolute atomic E-state index is 0.0818. The van der Waals surface area contributed by atoms with E-state index in [2.05, 4.69) is 10.1 Å². The Kier molecular flexibility index (Phi) is 6.99. The highest BCUT2D eigenvalue weighted by Gasteiger charge is 2.33. The Labute approximate surface area is 190 Å². The molecule has 1 aromatic heterocycles. The molecule has 2 heterocycles. The number of aliphatic hydroxyl groups excluding tert-OH is 1. The molecule has 1 saturated heterocycles. The molecule has 4 rings (SSSR count). The summed E-state index contributed by atoms with van der Waals surface area (Å²) in [5.74, 6) is -0.675. The van der Waals surface area contributed by atoms with E-state index in [4.69, 9.17) is 4.74 Å². The number of nitrogens with one attached hydrogen (secondary N) is 1. The third-order valence-corrected chi connectivity index (χ3v) is 6.46. The van der Waals surface area contributed by atoms with Gasteiger partial charge in [-0.15, -0.1) is 13.2 Å². The van der Waals surface area contributed by atoms with Gasteiger partial charge in [0.1, 0.15) is 5.75 Å². The summed E-state index contributed by atoms with van der Waals surface area (Å²) in [6, 6.07) is 7.19. The van der Waals surface area contributed by atoms with Gasteiger partial charge in [0.25, 0.3) is 5.91 Å². The lowest BCUT2D eigenvalue weighted by Gasteiger charge is -2.28. The second-order valence-electron chi connectivity index (χ2n) is 8.75. The van der Waals surface area contributed by atoms with Crippen LogP contribution in [0.2, 0.25) is 0 Å². The zero-order chi connectivity index (χ0) is 23.6. The normalized spacial score (nSPS) is 23.5. The monoisotopic (exact) mass is 466 g/mol. The molecule has 0 spiro atoms. The number of amides is 1. The van der Waals surface area contributed by atoms with Gasteiger partial charge in [0.05, 0.1) is 29.5 Å². The van der Waals surface area contributed by atoms with E-state index in [1.807, 2.05) is 4.57 Å². The number of hydrogen-bond donors (Lipinski definition) is 2. The molecule has 1 amide bonds. The van der Waals surface area contributed by atoms with Crippen molar-refractivity contribution in [2.24, 2.45) is 0 Å². The van der Waals surface area contributed by atoms with Crippen molar-refractivity contribution in [3.05, 3.63) is 41.6 Å². The molecule has 0 radical (unpaired) electrons. The summed E-state index contributed by atoms with van der Waals surface area (Å²) >= 11 is 0. The molecule has 2 fully saturated rings. The summed E-state index contributed by atoms with van der Waals surface area (Å²) in [6.45, 7) is 2.83. The van der Waals surface area contributed by atoms with E-state index in [9.17, 15) is 23.1 Å². The molecule has 2 aliphatic rings. The van der Waals surface area contributed by atoms with Crippen molar-refractivity contribution in [2.45, 2.75) is 76.6 Å². The van der Waals surface area contributed by atoms with Gasteiger partial charge in [-0.1, -0.05) is 25.0 Å². The van der Waals surface area contributed by atoms with Crippen LogP contribution < -0.4 is 10.1 Å². The Morgan fingerprint density at radius 3 is 2.67 bits per heavy atom. The van der Waals surface area contributed by atoms with Gasteiger partial charge in [0.2, 0.25) is 0 Å². The van der Waals surface area contributed by atoms with Gasteiger partial charge in [-0.2, -0.15) is 0 Å². The maximum atomic E-state index is 13.1. The van der Waals surface area contributed by atoms with Crippen LogP contribution in [0.4, 0.5) is 13.2 Å². The zero-order valence-electron chi connectivity index (χ0n) is 18.5.